The normalized spacial score (nSPS) is 11.0. The fraction of sp³-hybridized carbons (Fsp3) is 0.0909. The molecule has 134 valence electrons. The Bertz CT molecular complexity index is 1100. The van der Waals surface area contributed by atoms with Gasteiger partial charge >= 0.3 is 0 Å². The summed E-state index contributed by atoms with van der Waals surface area (Å²) in [6.07, 6.45) is 3.76. The van der Waals surface area contributed by atoms with Crippen LogP contribution in [0.2, 0.25) is 0 Å². The van der Waals surface area contributed by atoms with Crippen molar-refractivity contribution in [3.8, 4) is 11.1 Å². The highest BCUT2D eigenvalue weighted by Crippen LogP contribution is 2.24. The molecule has 1 N–H and O–H groups in total. The van der Waals surface area contributed by atoms with Crippen molar-refractivity contribution in [3.63, 3.8) is 0 Å². The Labute approximate surface area is 155 Å². The summed E-state index contributed by atoms with van der Waals surface area (Å²) in [4.78, 5) is 16.1. The summed E-state index contributed by atoms with van der Waals surface area (Å²) in [7, 11) is 0. The minimum absolute atomic E-state index is 0.259. The van der Waals surface area contributed by atoms with Crippen LogP contribution in [-0.4, -0.2) is 27.0 Å². The first kappa shape index (κ1) is 17.1. The molecule has 0 spiro atoms. The third kappa shape index (κ3) is 3.50. The molecule has 0 fully saturated rings. The van der Waals surface area contributed by atoms with E-state index < -0.39 is 6.61 Å². The van der Waals surface area contributed by atoms with Crippen molar-refractivity contribution in [3.05, 3.63) is 90.0 Å². The molecule has 0 atom stereocenters. The van der Waals surface area contributed by atoms with Crippen molar-refractivity contribution in [2.45, 2.75) is 6.54 Å². The number of aromatic nitrogens is 2. The number of hydrogen-bond acceptors (Lipinski definition) is 3. The van der Waals surface area contributed by atoms with E-state index in [1.165, 1.54) is 12.1 Å². The van der Waals surface area contributed by atoms with E-state index in [4.69, 9.17) is 5.11 Å². The second-order valence-corrected chi connectivity index (χ2v) is 6.37. The molecule has 4 rings (SSSR count). The summed E-state index contributed by atoms with van der Waals surface area (Å²) in [5.74, 6) is -0.548. The number of benzene rings is 2. The van der Waals surface area contributed by atoms with Gasteiger partial charge in [0.2, 0.25) is 0 Å². The summed E-state index contributed by atoms with van der Waals surface area (Å²) < 4.78 is 15.1. The number of aliphatic hydroxyl groups is 1. The summed E-state index contributed by atoms with van der Waals surface area (Å²) in [6, 6.07) is 17.6. The largest absolute Gasteiger partial charge is 0.388 e. The maximum atomic E-state index is 13.1. The minimum Gasteiger partial charge on any atom is -0.388 e. The highest BCUT2D eigenvalue weighted by Gasteiger charge is 2.08. The number of rotatable bonds is 5. The van der Waals surface area contributed by atoms with Gasteiger partial charge in [-0.3, -0.25) is 4.79 Å². The van der Waals surface area contributed by atoms with Gasteiger partial charge in [-0.05, 0) is 35.4 Å². The molecule has 2 aromatic carbocycles. The lowest BCUT2D eigenvalue weighted by atomic mass is 10.1. The van der Waals surface area contributed by atoms with Crippen molar-refractivity contribution in [2.24, 2.45) is 0 Å². The Morgan fingerprint density at radius 3 is 2.44 bits per heavy atom. The minimum atomic E-state index is -0.484. The molecule has 0 aliphatic heterocycles. The molecule has 0 unspecified atom stereocenters. The van der Waals surface area contributed by atoms with E-state index in [1.807, 2.05) is 35.0 Å². The first-order valence-electron chi connectivity index (χ1n) is 8.58. The Morgan fingerprint density at radius 1 is 1.00 bits per heavy atom. The zero-order valence-electron chi connectivity index (χ0n) is 14.5. The van der Waals surface area contributed by atoms with Gasteiger partial charge in [-0.1, -0.05) is 36.4 Å². The molecule has 5 heteroatoms. The van der Waals surface area contributed by atoms with Crippen LogP contribution in [0.5, 0.6) is 0 Å². The van der Waals surface area contributed by atoms with Gasteiger partial charge in [0.25, 0.3) is 0 Å². The number of Topliss-reactive ketones (excluding diaryl/α,β-unsaturated/α-hetero) is 1. The first-order valence-corrected chi connectivity index (χ1v) is 8.58. The van der Waals surface area contributed by atoms with Crippen molar-refractivity contribution in [1.82, 2.24) is 9.55 Å². The van der Waals surface area contributed by atoms with Gasteiger partial charge in [-0.25, -0.2) is 9.37 Å². The third-order valence-electron chi connectivity index (χ3n) is 4.55. The Hall–Kier alpha value is -3.31. The lowest BCUT2D eigenvalue weighted by molar-refractivity contribution is 0.0903. The smallest absolute Gasteiger partial charge is 0.188 e. The molecule has 0 aliphatic carbocycles. The molecule has 0 aliphatic rings. The summed E-state index contributed by atoms with van der Waals surface area (Å²) >= 11 is 0. The average molecular weight is 360 g/mol. The quantitative estimate of drug-likeness (QED) is 0.546. The van der Waals surface area contributed by atoms with E-state index in [0.717, 1.165) is 27.7 Å². The topological polar surface area (TPSA) is 55.1 Å². The predicted molar refractivity (Wildman–Crippen MR) is 102 cm³/mol. The SMILES string of the molecule is O=C(CO)c1ccc(Cn2ccc3cc(-c4ccc(F)cc4)cnc32)cc1. The number of hydrogen-bond donors (Lipinski definition) is 1. The molecule has 0 saturated heterocycles. The van der Waals surface area contributed by atoms with Gasteiger partial charge in [0.15, 0.2) is 5.78 Å². The van der Waals surface area contributed by atoms with E-state index >= 15 is 0 Å². The summed E-state index contributed by atoms with van der Waals surface area (Å²) in [5, 5.41) is 9.92. The Morgan fingerprint density at radius 2 is 1.74 bits per heavy atom. The second-order valence-electron chi connectivity index (χ2n) is 6.37. The van der Waals surface area contributed by atoms with Crippen LogP contribution < -0.4 is 0 Å². The summed E-state index contributed by atoms with van der Waals surface area (Å²) in [6.45, 7) is 0.141. The van der Waals surface area contributed by atoms with Crippen molar-refractivity contribution >= 4 is 16.8 Å². The zero-order valence-corrected chi connectivity index (χ0v) is 14.5. The van der Waals surface area contributed by atoms with E-state index in [-0.39, 0.29) is 11.6 Å². The lowest BCUT2D eigenvalue weighted by Crippen LogP contribution is -2.05. The van der Waals surface area contributed by atoms with Crippen molar-refractivity contribution in [2.75, 3.05) is 6.61 Å². The highest BCUT2D eigenvalue weighted by atomic mass is 19.1. The van der Waals surface area contributed by atoms with E-state index in [0.29, 0.717) is 12.1 Å². The van der Waals surface area contributed by atoms with Crippen LogP contribution in [0.1, 0.15) is 15.9 Å². The second kappa shape index (κ2) is 7.13. The number of nitrogens with zero attached hydrogens (tertiary/aromatic N) is 2. The van der Waals surface area contributed by atoms with Gasteiger partial charge in [-0.2, -0.15) is 0 Å². The zero-order chi connectivity index (χ0) is 18.8. The lowest BCUT2D eigenvalue weighted by Gasteiger charge is -2.07. The van der Waals surface area contributed by atoms with Crippen LogP contribution in [0.25, 0.3) is 22.2 Å². The number of fused-ring (bicyclic) bond motifs is 1. The fourth-order valence-corrected chi connectivity index (χ4v) is 3.09. The standard InChI is InChI=1S/C22H17FN2O2/c23-20-7-5-16(6-8-20)19-11-18-9-10-25(22(18)24-12-19)13-15-1-3-17(4-2-15)21(27)14-26/h1-12,26H,13-14H2. The maximum Gasteiger partial charge on any atom is 0.188 e. The molecule has 0 saturated carbocycles. The number of pyridine rings is 1. The van der Waals surface area contributed by atoms with E-state index in [2.05, 4.69) is 4.98 Å². The molecule has 4 aromatic rings. The van der Waals surface area contributed by atoms with Crippen LogP contribution in [-0.2, 0) is 6.54 Å². The third-order valence-corrected chi connectivity index (χ3v) is 4.55. The number of aliphatic hydroxyl groups excluding tert-OH is 1. The van der Waals surface area contributed by atoms with Crippen LogP contribution in [0.3, 0.4) is 0 Å². The first-order chi connectivity index (χ1) is 13.1. The molecule has 0 amide bonds. The monoisotopic (exact) mass is 360 g/mol. The molecule has 27 heavy (non-hydrogen) atoms. The van der Waals surface area contributed by atoms with Crippen molar-refractivity contribution < 1.29 is 14.3 Å². The number of ketones is 1. The van der Waals surface area contributed by atoms with Gasteiger partial charge in [0, 0.05) is 35.5 Å². The average Bonchev–Trinajstić information content (AvgIpc) is 3.10. The van der Waals surface area contributed by atoms with E-state index in [9.17, 15) is 9.18 Å². The molecular weight excluding hydrogens is 343 g/mol. The molecule has 0 radical (unpaired) electrons. The van der Waals surface area contributed by atoms with Gasteiger partial charge < -0.3 is 9.67 Å². The Balaban J connectivity index is 1.60. The van der Waals surface area contributed by atoms with E-state index in [1.54, 1.807) is 30.5 Å². The van der Waals surface area contributed by atoms with Crippen molar-refractivity contribution in [1.29, 1.82) is 0 Å². The molecular formula is C22H17FN2O2. The fourth-order valence-electron chi connectivity index (χ4n) is 3.09. The van der Waals surface area contributed by atoms with Gasteiger partial charge in [0.05, 0.1) is 0 Å². The van der Waals surface area contributed by atoms with Gasteiger partial charge in [0.1, 0.15) is 18.1 Å². The van der Waals surface area contributed by atoms with Gasteiger partial charge in [-0.15, -0.1) is 0 Å². The molecule has 2 aromatic heterocycles. The van der Waals surface area contributed by atoms with Crippen LogP contribution in [0, 0.1) is 5.82 Å². The number of carbonyl (C=O) groups is 1. The Kier molecular flexibility index (Phi) is 4.52. The molecule has 4 nitrogen and oxygen atoms in total. The maximum absolute atomic E-state index is 13.1. The van der Waals surface area contributed by atoms with Crippen LogP contribution in [0.4, 0.5) is 4.39 Å². The number of carbonyl (C=O) groups excluding carboxylic acids is 1. The predicted octanol–water partition coefficient (Wildman–Crippen LogP) is 4.07. The molecule has 2 heterocycles. The van der Waals surface area contributed by atoms with Crippen LogP contribution in [0.15, 0.2) is 73.1 Å². The summed E-state index contributed by atoms with van der Waals surface area (Å²) in [5.41, 5.74) is 4.25. The molecule has 0 bridgehead atoms. The highest BCUT2D eigenvalue weighted by molar-refractivity contribution is 5.96. The number of halogens is 1. The van der Waals surface area contributed by atoms with Crippen LogP contribution >= 0.6 is 0 Å².